The van der Waals surface area contributed by atoms with Crippen molar-refractivity contribution in [3.8, 4) is 0 Å². The summed E-state index contributed by atoms with van der Waals surface area (Å²) in [6.45, 7) is 4.41. The number of carbonyl (C=O) groups is 1. The zero-order valence-corrected chi connectivity index (χ0v) is 17.1. The number of carbonyl (C=O) groups excluding carboxylic acids is 1. The smallest absolute Gasteiger partial charge is 0.263 e. The molecule has 1 saturated heterocycles. The lowest BCUT2D eigenvalue weighted by Crippen LogP contribution is -2.38. The van der Waals surface area contributed by atoms with E-state index >= 15 is 0 Å². The van der Waals surface area contributed by atoms with Crippen molar-refractivity contribution in [1.82, 2.24) is 25.0 Å². The van der Waals surface area contributed by atoms with Crippen LogP contribution in [0.25, 0.3) is 0 Å². The highest BCUT2D eigenvalue weighted by Crippen LogP contribution is 2.32. The van der Waals surface area contributed by atoms with Gasteiger partial charge in [-0.25, -0.2) is 0 Å². The van der Waals surface area contributed by atoms with Crippen molar-refractivity contribution in [2.24, 2.45) is 0 Å². The third kappa shape index (κ3) is 3.52. The molecule has 0 bridgehead atoms. The van der Waals surface area contributed by atoms with Gasteiger partial charge in [-0.3, -0.25) is 4.79 Å². The number of likely N-dealkylation sites (tertiary alicyclic amines) is 1. The van der Waals surface area contributed by atoms with Gasteiger partial charge < -0.3 is 14.8 Å². The van der Waals surface area contributed by atoms with E-state index in [0.717, 1.165) is 74.9 Å². The molecule has 146 valence electrons. The van der Waals surface area contributed by atoms with Crippen LogP contribution in [0.15, 0.2) is 6.07 Å². The van der Waals surface area contributed by atoms with E-state index in [1.54, 1.807) is 11.3 Å². The molecule has 0 unspecified atom stereocenters. The Morgan fingerprint density at radius 3 is 2.78 bits per heavy atom. The first-order valence-corrected chi connectivity index (χ1v) is 10.6. The first kappa shape index (κ1) is 18.9. The van der Waals surface area contributed by atoms with Crippen molar-refractivity contribution < 1.29 is 4.79 Å². The topological polar surface area (TPSA) is 63.1 Å². The van der Waals surface area contributed by atoms with E-state index < -0.39 is 0 Å². The number of aryl methyl sites for hydroxylation is 2. The maximum Gasteiger partial charge on any atom is 0.263 e. The van der Waals surface area contributed by atoms with Gasteiger partial charge in [-0.2, -0.15) is 0 Å². The number of nitrogens with one attached hydrogen (secondary N) is 1. The van der Waals surface area contributed by atoms with E-state index in [4.69, 9.17) is 0 Å². The second kappa shape index (κ2) is 7.89. The molecule has 3 aliphatic rings. The van der Waals surface area contributed by atoms with E-state index in [1.165, 1.54) is 23.3 Å². The van der Waals surface area contributed by atoms with Crippen molar-refractivity contribution in [3.63, 3.8) is 0 Å². The molecule has 8 heteroatoms. The van der Waals surface area contributed by atoms with Crippen LogP contribution in [0.4, 0.5) is 0 Å². The average Bonchev–Trinajstić information content (AvgIpc) is 3.32. The molecule has 4 heterocycles. The Hall–Kier alpha value is -1.44. The van der Waals surface area contributed by atoms with Crippen LogP contribution in [0.1, 0.15) is 63.4 Å². The molecule has 1 fully saturated rings. The van der Waals surface area contributed by atoms with E-state index in [2.05, 4.69) is 26.1 Å². The van der Waals surface area contributed by atoms with Gasteiger partial charge in [-0.1, -0.05) is 0 Å². The fraction of sp³-hybridized carbons (Fsp3) is 0.632. The van der Waals surface area contributed by atoms with E-state index in [9.17, 15) is 4.79 Å². The Labute approximate surface area is 169 Å². The Kier molecular flexibility index (Phi) is 5.53. The fourth-order valence-corrected chi connectivity index (χ4v) is 5.73. The molecule has 1 aliphatic carbocycles. The van der Waals surface area contributed by atoms with Crippen LogP contribution in [-0.4, -0.2) is 45.2 Å². The molecule has 5 rings (SSSR count). The lowest BCUT2D eigenvalue weighted by Gasteiger charge is -2.31. The van der Waals surface area contributed by atoms with Crippen molar-refractivity contribution >= 4 is 29.7 Å². The molecule has 0 saturated carbocycles. The van der Waals surface area contributed by atoms with Gasteiger partial charge in [0, 0.05) is 37.0 Å². The van der Waals surface area contributed by atoms with Crippen LogP contribution < -0.4 is 5.32 Å². The molecule has 2 aromatic heterocycles. The summed E-state index contributed by atoms with van der Waals surface area (Å²) in [6, 6.07) is 2.16. The number of rotatable bonds is 2. The number of nitrogens with zero attached hydrogens (tertiary/aromatic N) is 4. The van der Waals surface area contributed by atoms with Crippen LogP contribution in [0.2, 0.25) is 0 Å². The Morgan fingerprint density at radius 1 is 1.15 bits per heavy atom. The van der Waals surface area contributed by atoms with Gasteiger partial charge in [0.2, 0.25) is 0 Å². The Bertz CT molecular complexity index is 801. The SMILES string of the molecule is Cl.O=C(c1cc2c(s1)CCCC2)N1CCC(c2nnc3n2CCNC3)CC1. The number of halogens is 1. The van der Waals surface area contributed by atoms with E-state index in [-0.39, 0.29) is 18.3 Å². The van der Waals surface area contributed by atoms with Crippen LogP contribution in [0.5, 0.6) is 0 Å². The largest absolute Gasteiger partial charge is 0.338 e. The molecular formula is C19H26ClN5OS. The molecule has 6 nitrogen and oxygen atoms in total. The van der Waals surface area contributed by atoms with Crippen LogP contribution in [0.3, 0.4) is 0 Å². The molecule has 2 aliphatic heterocycles. The molecule has 0 spiro atoms. The maximum absolute atomic E-state index is 12.9. The Balaban J connectivity index is 0.00000180. The first-order chi connectivity index (χ1) is 12.8. The predicted molar refractivity (Wildman–Crippen MR) is 108 cm³/mol. The molecular weight excluding hydrogens is 382 g/mol. The summed E-state index contributed by atoms with van der Waals surface area (Å²) < 4.78 is 2.28. The van der Waals surface area contributed by atoms with E-state index in [1.807, 2.05) is 4.90 Å². The molecule has 2 aromatic rings. The maximum atomic E-state index is 12.9. The minimum Gasteiger partial charge on any atom is -0.338 e. The monoisotopic (exact) mass is 407 g/mol. The van der Waals surface area contributed by atoms with Crippen LogP contribution >= 0.6 is 23.7 Å². The summed E-state index contributed by atoms with van der Waals surface area (Å²) in [4.78, 5) is 17.4. The highest BCUT2D eigenvalue weighted by molar-refractivity contribution is 7.14. The number of aromatic nitrogens is 3. The first-order valence-electron chi connectivity index (χ1n) is 9.83. The highest BCUT2D eigenvalue weighted by atomic mass is 35.5. The lowest BCUT2D eigenvalue weighted by atomic mass is 9.95. The number of amides is 1. The minimum absolute atomic E-state index is 0. The Morgan fingerprint density at radius 2 is 1.96 bits per heavy atom. The number of piperidine rings is 1. The second-order valence-corrected chi connectivity index (χ2v) is 8.77. The van der Waals surface area contributed by atoms with Gasteiger partial charge in [0.1, 0.15) is 11.6 Å². The minimum atomic E-state index is 0. The number of hydrogen-bond donors (Lipinski definition) is 1. The average molecular weight is 408 g/mol. The fourth-order valence-electron chi connectivity index (χ4n) is 4.51. The normalized spacial score (nSPS) is 19.9. The van der Waals surface area contributed by atoms with Gasteiger partial charge in [0.25, 0.3) is 5.91 Å². The van der Waals surface area contributed by atoms with Crippen molar-refractivity contribution in [2.75, 3.05) is 19.6 Å². The standard InChI is InChI=1S/C19H25N5OS.ClH/c25-19(16-11-14-3-1-2-4-15(14)26-16)23-8-5-13(6-9-23)18-22-21-17-12-20-7-10-24(17)18;/h11,13,20H,1-10,12H2;1H. The molecule has 0 aromatic carbocycles. The van der Waals surface area contributed by atoms with Crippen LogP contribution in [-0.2, 0) is 25.9 Å². The zero-order chi connectivity index (χ0) is 17.5. The summed E-state index contributed by atoms with van der Waals surface area (Å²) in [7, 11) is 0. The zero-order valence-electron chi connectivity index (χ0n) is 15.4. The van der Waals surface area contributed by atoms with Crippen LogP contribution in [0, 0.1) is 0 Å². The molecule has 0 atom stereocenters. The van der Waals surface area contributed by atoms with E-state index in [0.29, 0.717) is 5.92 Å². The molecule has 1 N–H and O–H groups in total. The summed E-state index contributed by atoms with van der Waals surface area (Å²) in [5, 5.41) is 12.2. The molecule has 27 heavy (non-hydrogen) atoms. The van der Waals surface area contributed by atoms with Gasteiger partial charge in [0.15, 0.2) is 0 Å². The predicted octanol–water partition coefficient (Wildman–Crippen LogP) is 2.76. The summed E-state index contributed by atoms with van der Waals surface area (Å²) in [5.41, 5.74) is 1.42. The van der Waals surface area contributed by atoms with Gasteiger partial charge in [-0.15, -0.1) is 33.9 Å². The highest BCUT2D eigenvalue weighted by Gasteiger charge is 2.30. The number of thiophene rings is 1. The van der Waals surface area contributed by atoms with Crippen molar-refractivity contribution in [2.45, 2.75) is 57.5 Å². The quantitative estimate of drug-likeness (QED) is 0.831. The van der Waals surface area contributed by atoms with Crippen molar-refractivity contribution in [1.29, 1.82) is 0 Å². The molecule has 0 radical (unpaired) electrons. The second-order valence-electron chi connectivity index (χ2n) is 7.64. The lowest BCUT2D eigenvalue weighted by molar-refractivity contribution is 0.0715. The van der Waals surface area contributed by atoms with Gasteiger partial charge >= 0.3 is 0 Å². The molecule has 1 amide bonds. The summed E-state index contributed by atoms with van der Waals surface area (Å²) in [5.74, 6) is 2.83. The summed E-state index contributed by atoms with van der Waals surface area (Å²) >= 11 is 1.73. The third-order valence-electron chi connectivity index (χ3n) is 6.01. The van der Waals surface area contributed by atoms with Gasteiger partial charge in [-0.05, 0) is 50.2 Å². The van der Waals surface area contributed by atoms with Gasteiger partial charge in [0.05, 0.1) is 11.4 Å². The third-order valence-corrected chi connectivity index (χ3v) is 7.23. The summed E-state index contributed by atoms with van der Waals surface area (Å²) in [6.07, 6.45) is 6.81. The number of fused-ring (bicyclic) bond motifs is 2. The number of hydrogen-bond acceptors (Lipinski definition) is 5. The van der Waals surface area contributed by atoms with Crippen molar-refractivity contribution in [3.05, 3.63) is 33.0 Å².